The average molecular weight is 246 g/mol. The first-order chi connectivity index (χ1) is 8.50. The van der Waals surface area contributed by atoms with E-state index >= 15 is 0 Å². The van der Waals surface area contributed by atoms with Crippen LogP contribution in [0.3, 0.4) is 0 Å². The minimum Gasteiger partial charge on any atom is -0.374 e. The third-order valence-electron chi connectivity index (χ3n) is 4.07. The van der Waals surface area contributed by atoms with Gasteiger partial charge >= 0.3 is 0 Å². The lowest BCUT2D eigenvalue weighted by Crippen LogP contribution is -2.45. The standard InChI is InChI=1S/C16H26N2/c1-13-6-7-15(14(2)10-13)18(4)12-16(3)8-5-9-17-11-16/h6-7,10,17H,5,8-9,11-12H2,1-4H3. The molecule has 1 fully saturated rings. The lowest BCUT2D eigenvalue weighted by atomic mass is 9.82. The van der Waals surface area contributed by atoms with Gasteiger partial charge in [-0.1, -0.05) is 24.6 Å². The van der Waals surface area contributed by atoms with Gasteiger partial charge in [0.05, 0.1) is 0 Å². The first kappa shape index (κ1) is 13.4. The normalized spacial score (nSPS) is 24.0. The third-order valence-corrected chi connectivity index (χ3v) is 4.07. The Balaban J connectivity index is 2.08. The molecular formula is C16H26N2. The summed E-state index contributed by atoms with van der Waals surface area (Å²) in [6.07, 6.45) is 2.63. The summed E-state index contributed by atoms with van der Waals surface area (Å²) in [7, 11) is 2.22. The van der Waals surface area contributed by atoms with Gasteiger partial charge in [-0.05, 0) is 50.3 Å². The molecule has 0 radical (unpaired) electrons. The smallest absolute Gasteiger partial charge is 0.0393 e. The molecule has 0 saturated carbocycles. The topological polar surface area (TPSA) is 15.3 Å². The zero-order chi connectivity index (χ0) is 13.2. The van der Waals surface area contributed by atoms with Crippen molar-refractivity contribution in [2.24, 2.45) is 5.41 Å². The lowest BCUT2D eigenvalue weighted by Gasteiger charge is -2.38. The summed E-state index contributed by atoms with van der Waals surface area (Å²) in [4.78, 5) is 2.42. The summed E-state index contributed by atoms with van der Waals surface area (Å²) < 4.78 is 0. The van der Waals surface area contributed by atoms with Crippen molar-refractivity contribution in [1.82, 2.24) is 5.32 Å². The molecule has 0 bridgehead atoms. The van der Waals surface area contributed by atoms with Crippen LogP contribution in [0.25, 0.3) is 0 Å². The molecule has 2 rings (SSSR count). The summed E-state index contributed by atoms with van der Waals surface area (Å²) in [5.74, 6) is 0. The molecule has 1 heterocycles. The number of hydrogen-bond acceptors (Lipinski definition) is 2. The molecule has 1 N–H and O–H groups in total. The SMILES string of the molecule is Cc1ccc(N(C)CC2(C)CCCNC2)c(C)c1. The molecule has 100 valence electrons. The fraction of sp³-hybridized carbons (Fsp3) is 0.625. The van der Waals surface area contributed by atoms with Crippen molar-refractivity contribution in [1.29, 1.82) is 0 Å². The second kappa shape index (κ2) is 5.31. The number of aryl methyl sites for hydroxylation is 2. The van der Waals surface area contributed by atoms with E-state index in [1.54, 1.807) is 0 Å². The van der Waals surface area contributed by atoms with Gasteiger partial charge in [0.25, 0.3) is 0 Å². The van der Waals surface area contributed by atoms with Gasteiger partial charge in [0.1, 0.15) is 0 Å². The maximum Gasteiger partial charge on any atom is 0.0393 e. The predicted octanol–water partition coefficient (Wildman–Crippen LogP) is 3.13. The molecule has 1 atom stereocenters. The van der Waals surface area contributed by atoms with Crippen LogP contribution >= 0.6 is 0 Å². The second-order valence-corrected chi connectivity index (χ2v) is 6.24. The molecule has 0 aliphatic carbocycles. The zero-order valence-electron chi connectivity index (χ0n) is 12.2. The van der Waals surface area contributed by atoms with Crippen LogP contribution in [-0.2, 0) is 0 Å². The van der Waals surface area contributed by atoms with Crippen molar-refractivity contribution in [3.8, 4) is 0 Å². The number of piperidine rings is 1. The monoisotopic (exact) mass is 246 g/mol. The Morgan fingerprint density at radius 1 is 1.33 bits per heavy atom. The van der Waals surface area contributed by atoms with E-state index in [1.165, 1.54) is 36.2 Å². The number of nitrogens with zero attached hydrogens (tertiary/aromatic N) is 1. The molecule has 1 aliphatic heterocycles. The van der Waals surface area contributed by atoms with Crippen molar-refractivity contribution >= 4 is 5.69 Å². The van der Waals surface area contributed by atoms with Crippen molar-refractivity contribution in [3.63, 3.8) is 0 Å². The van der Waals surface area contributed by atoms with E-state index in [0.717, 1.165) is 13.1 Å². The summed E-state index contributed by atoms with van der Waals surface area (Å²) in [6, 6.07) is 6.73. The lowest BCUT2D eigenvalue weighted by molar-refractivity contribution is 0.243. The molecule has 1 aliphatic rings. The molecule has 2 nitrogen and oxygen atoms in total. The molecular weight excluding hydrogens is 220 g/mol. The Bertz CT molecular complexity index is 406. The van der Waals surface area contributed by atoms with Crippen molar-refractivity contribution < 1.29 is 0 Å². The summed E-state index contributed by atoms with van der Waals surface area (Å²) >= 11 is 0. The van der Waals surface area contributed by atoms with Gasteiger partial charge in [-0.25, -0.2) is 0 Å². The van der Waals surface area contributed by atoms with Gasteiger partial charge in [0.15, 0.2) is 0 Å². The fourth-order valence-corrected chi connectivity index (χ4v) is 3.15. The predicted molar refractivity (Wildman–Crippen MR) is 79.4 cm³/mol. The maximum atomic E-state index is 3.53. The summed E-state index contributed by atoms with van der Waals surface area (Å²) in [5, 5.41) is 3.53. The highest BCUT2D eigenvalue weighted by atomic mass is 15.1. The highest BCUT2D eigenvalue weighted by molar-refractivity contribution is 5.53. The Morgan fingerprint density at radius 2 is 2.11 bits per heavy atom. The molecule has 2 heteroatoms. The minimum atomic E-state index is 0.407. The Kier molecular flexibility index (Phi) is 3.96. The van der Waals surface area contributed by atoms with Crippen molar-refractivity contribution in [3.05, 3.63) is 29.3 Å². The molecule has 18 heavy (non-hydrogen) atoms. The highest BCUT2D eigenvalue weighted by Gasteiger charge is 2.28. The maximum absolute atomic E-state index is 3.53. The highest BCUT2D eigenvalue weighted by Crippen LogP contribution is 2.29. The van der Waals surface area contributed by atoms with Gasteiger partial charge in [0, 0.05) is 25.8 Å². The molecule has 1 saturated heterocycles. The third kappa shape index (κ3) is 3.05. The van der Waals surface area contributed by atoms with Crippen LogP contribution in [0, 0.1) is 19.3 Å². The Labute approximate surface area is 111 Å². The van der Waals surface area contributed by atoms with Crippen LogP contribution in [0.5, 0.6) is 0 Å². The number of benzene rings is 1. The molecule has 0 spiro atoms. The number of nitrogens with one attached hydrogen (secondary N) is 1. The molecule has 0 amide bonds. The van der Waals surface area contributed by atoms with E-state index in [0.29, 0.717) is 5.41 Å². The molecule has 0 aromatic heterocycles. The van der Waals surface area contributed by atoms with Gasteiger partial charge in [-0.15, -0.1) is 0 Å². The van der Waals surface area contributed by atoms with Crippen molar-refractivity contribution in [2.45, 2.75) is 33.6 Å². The van der Waals surface area contributed by atoms with E-state index in [-0.39, 0.29) is 0 Å². The summed E-state index contributed by atoms with van der Waals surface area (Å²) in [6.45, 7) is 10.2. The fourth-order valence-electron chi connectivity index (χ4n) is 3.15. The van der Waals surface area contributed by atoms with E-state index < -0.39 is 0 Å². The quantitative estimate of drug-likeness (QED) is 0.881. The van der Waals surface area contributed by atoms with Crippen molar-refractivity contribution in [2.75, 3.05) is 31.6 Å². The average Bonchev–Trinajstić information content (AvgIpc) is 2.28. The van der Waals surface area contributed by atoms with E-state index in [4.69, 9.17) is 0 Å². The first-order valence-corrected chi connectivity index (χ1v) is 6.99. The van der Waals surface area contributed by atoms with Gasteiger partial charge in [0.2, 0.25) is 0 Å². The van der Waals surface area contributed by atoms with Gasteiger partial charge in [-0.3, -0.25) is 0 Å². The van der Waals surface area contributed by atoms with Crippen LogP contribution in [-0.4, -0.2) is 26.7 Å². The Morgan fingerprint density at radius 3 is 2.72 bits per heavy atom. The van der Waals surface area contributed by atoms with Crippen LogP contribution < -0.4 is 10.2 Å². The largest absolute Gasteiger partial charge is 0.374 e. The Hall–Kier alpha value is -1.02. The second-order valence-electron chi connectivity index (χ2n) is 6.24. The molecule has 1 aromatic carbocycles. The van der Waals surface area contributed by atoms with E-state index in [9.17, 15) is 0 Å². The van der Waals surface area contributed by atoms with Crippen LogP contribution in [0.1, 0.15) is 30.9 Å². The zero-order valence-corrected chi connectivity index (χ0v) is 12.2. The first-order valence-electron chi connectivity index (χ1n) is 6.99. The van der Waals surface area contributed by atoms with Gasteiger partial charge in [-0.2, -0.15) is 0 Å². The van der Waals surface area contributed by atoms with Gasteiger partial charge < -0.3 is 10.2 Å². The summed E-state index contributed by atoms with van der Waals surface area (Å²) in [5.41, 5.74) is 4.50. The number of rotatable bonds is 3. The number of anilines is 1. The minimum absolute atomic E-state index is 0.407. The van der Waals surface area contributed by atoms with Crippen LogP contribution in [0.2, 0.25) is 0 Å². The molecule has 1 unspecified atom stereocenters. The molecule has 1 aromatic rings. The number of hydrogen-bond donors (Lipinski definition) is 1. The van der Waals surface area contributed by atoms with E-state index in [1.807, 2.05) is 0 Å². The van der Waals surface area contributed by atoms with Crippen LogP contribution in [0.15, 0.2) is 18.2 Å². The van der Waals surface area contributed by atoms with Crippen LogP contribution in [0.4, 0.5) is 5.69 Å². The van der Waals surface area contributed by atoms with E-state index in [2.05, 4.69) is 56.2 Å².